The van der Waals surface area contributed by atoms with Gasteiger partial charge in [-0.2, -0.15) is 0 Å². The summed E-state index contributed by atoms with van der Waals surface area (Å²) in [7, 11) is 0. The minimum Gasteiger partial charge on any atom is -0.454 e. The maximum Gasteiger partial charge on any atom is 0.231 e. The van der Waals surface area contributed by atoms with Gasteiger partial charge in [0, 0.05) is 18.0 Å². The first-order valence-corrected chi connectivity index (χ1v) is 12.7. The van der Waals surface area contributed by atoms with Gasteiger partial charge < -0.3 is 19.5 Å². The molecule has 1 fully saturated rings. The fourth-order valence-electron chi connectivity index (χ4n) is 4.99. The summed E-state index contributed by atoms with van der Waals surface area (Å²) in [4.78, 5) is 15.1. The van der Waals surface area contributed by atoms with Crippen LogP contribution >= 0.6 is 11.3 Å². The molecular formula is C25H30N4O3S. The maximum absolute atomic E-state index is 5.60. The molecule has 3 aliphatic rings. The van der Waals surface area contributed by atoms with Gasteiger partial charge in [0.2, 0.25) is 6.79 Å². The number of hydrogen-bond donors (Lipinski definition) is 1. The molecule has 2 unspecified atom stereocenters. The molecule has 3 aromatic rings. The van der Waals surface area contributed by atoms with Crippen LogP contribution in [0.15, 0.2) is 18.2 Å². The Morgan fingerprint density at radius 2 is 2.03 bits per heavy atom. The summed E-state index contributed by atoms with van der Waals surface area (Å²) in [6.45, 7) is 8.98. The zero-order chi connectivity index (χ0) is 22.4. The highest BCUT2D eigenvalue weighted by atomic mass is 32.1. The van der Waals surface area contributed by atoms with Gasteiger partial charge in [-0.1, -0.05) is 13.0 Å². The summed E-state index contributed by atoms with van der Waals surface area (Å²) < 4.78 is 16.6. The van der Waals surface area contributed by atoms with Crippen molar-refractivity contribution in [2.75, 3.05) is 38.4 Å². The predicted molar refractivity (Wildman–Crippen MR) is 129 cm³/mol. The molecule has 6 rings (SSSR count). The van der Waals surface area contributed by atoms with Crippen LogP contribution in [-0.4, -0.2) is 48.0 Å². The van der Waals surface area contributed by atoms with E-state index >= 15 is 0 Å². The van der Waals surface area contributed by atoms with Crippen LogP contribution in [0.25, 0.3) is 10.2 Å². The third-order valence-electron chi connectivity index (χ3n) is 6.92. The molecule has 2 atom stereocenters. The third kappa shape index (κ3) is 4.16. The topological polar surface area (TPSA) is 68.7 Å². The molecule has 1 aromatic carbocycles. The number of aryl methyl sites for hydroxylation is 1. The van der Waals surface area contributed by atoms with E-state index in [1.807, 2.05) is 17.4 Å². The van der Waals surface area contributed by atoms with Crippen molar-refractivity contribution >= 4 is 27.4 Å². The highest BCUT2D eigenvalue weighted by Gasteiger charge is 2.25. The van der Waals surface area contributed by atoms with E-state index in [9.17, 15) is 0 Å². The van der Waals surface area contributed by atoms with Crippen LogP contribution in [0.4, 0.5) is 5.82 Å². The van der Waals surface area contributed by atoms with Crippen LogP contribution in [0.5, 0.6) is 11.5 Å². The van der Waals surface area contributed by atoms with Gasteiger partial charge in [-0.3, -0.25) is 4.90 Å². The standard InChI is InChI=1S/C25H30N4O3S/c1-15-3-5-18-21(11-15)33-25-23(18)24(27-22(28-25)13-29-7-9-30-10-8-29)26-16(2)17-4-6-19-20(12-17)32-14-31-19/h4,6,12,15-16H,3,5,7-11,13-14H2,1-2H3,(H,26,27,28). The number of nitrogens with one attached hydrogen (secondary N) is 1. The minimum atomic E-state index is 0.0758. The molecule has 33 heavy (non-hydrogen) atoms. The van der Waals surface area contributed by atoms with Gasteiger partial charge in [0.05, 0.1) is 31.2 Å². The Morgan fingerprint density at radius 1 is 1.18 bits per heavy atom. The zero-order valence-corrected chi connectivity index (χ0v) is 20.0. The van der Waals surface area contributed by atoms with Gasteiger partial charge in [0.1, 0.15) is 16.5 Å². The summed E-state index contributed by atoms with van der Waals surface area (Å²) in [6, 6.07) is 6.23. The Bertz CT molecular complexity index is 1170. The second kappa shape index (κ2) is 8.74. The first-order chi connectivity index (χ1) is 16.1. The Morgan fingerprint density at radius 3 is 2.91 bits per heavy atom. The average Bonchev–Trinajstić information content (AvgIpc) is 3.43. The fraction of sp³-hybridized carbons (Fsp3) is 0.520. The van der Waals surface area contributed by atoms with E-state index in [4.69, 9.17) is 24.2 Å². The Hall–Kier alpha value is -2.42. The van der Waals surface area contributed by atoms with E-state index in [1.165, 1.54) is 22.2 Å². The summed E-state index contributed by atoms with van der Waals surface area (Å²) in [5, 5.41) is 4.96. The molecule has 7 nitrogen and oxygen atoms in total. The zero-order valence-electron chi connectivity index (χ0n) is 19.2. The molecule has 2 aromatic heterocycles. The van der Waals surface area contributed by atoms with E-state index in [1.54, 1.807) is 0 Å². The smallest absolute Gasteiger partial charge is 0.231 e. The van der Waals surface area contributed by atoms with Crippen molar-refractivity contribution in [2.24, 2.45) is 5.92 Å². The quantitative estimate of drug-likeness (QED) is 0.592. The Balaban J connectivity index is 1.36. The normalized spacial score (nSPS) is 21.2. The highest BCUT2D eigenvalue weighted by Crippen LogP contribution is 2.41. The van der Waals surface area contributed by atoms with Crippen LogP contribution in [0.2, 0.25) is 0 Å². The summed E-state index contributed by atoms with van der Waals surface area (Å²) in [5.41, 5.74) is 2.60. The van der Waals surface area contributed by atoms with Crippen LogP contribution in [-0.2, 0) is 24.1 Å². The van der Waals surface area contributed by atoms with Crippen LogP contribution in [0, 0.1) is 5.92 Å². The van der Waals surface area contributed by atoms with E-state index < -0.39 is 0 Å². The van der Waals surface area contributed by atoms with Crippen molar-refractivity contribution in [2.45, 2.75) is 45.7 Å². The lowest BCUT2D eigenvalue weighted by Crippen LogP contribution is -2.36. The van der Waals surface area contributed by atoms with Gasteiger partial charge >= 0.3 is 0 Å². The number of benzene rings is 1. The summed E-state index contributed by atoms with van der Waals surface area (Å²) in [5.74, 6) is 4.19. The lowest BCUT2D eigenvalue weighted by Gasteiger charge is -2.26. The molecule has 0 radical (unpaired) electrons. The van der Waals surface area contributed by atoms with Crippen LogP contribution in [0.1, 0.15) is 48.1 Å². The average molecular weight is 467 g/mol. The number of ether oxygens (including phenoxy) is 3. The number of nitrogens with zero attached hydrogens (tertiary/aromatic N) is 3. The first-order valence-electron chi connectivity index (χ1n) is 11.9. The lowest BCUT2D eigenvalue weighted by atomic mass is 9.89. The van der Waals surface area contributed by atoms with E-state index in [0.717, 1.165) is 85.1 Å². The van der Waals surface area contributed by atoms with Crippen LogP contribution in [0.3, 0.4) is 0 Å². The molecule has 1 saturated heterocycles. The molecule has 174 valence electrons. The SMILES string of the molecule is CC1CCc2c(sc3nc(CN4CCOCC4)nc(NC(C)c4ccc5c(c4)OCO5)c23)C1. The monoisotopic (exact) mass is 466 g/mol. The molecule has 1 aliphatic carbocycles. The van der Waals surface area contributed by atoms with E-state index in [0.29, 0.717) is 0 Å². The van der Waals surface area contributed by atoms with E-state index in [-0.39, 0.29) is 12.8 Å². The van der Waals surface area contributed by atoms with Crippen molar-refractivity contribution in [1.29, 1.82) is 0 Å². The van der Waals surface area contributed by atoms with Crippen molar-refractivity contribution in [1.82, 2.24) is 14.9 Å². The first kappa shape index (κ1) is 21.1. The molecule has 0 saturated carbocycles. The highest BCUT2D eigenvalue weighted by molar-refractivity contribution is 7.19. The Kier molecular flexibility index (Phi) is 5.60. The number of rotatable bonds is 5. The molecule has 4 heterocycles. The van der Waals surface area contributed by atoms with Gasteiger partial charge in [-0.25, -0.2) is 9.97 Å². The van der Waals surface area contributed by atoms with Gasteiger partial charge in [-0.05, 0) is 55.4 Å². The minimum absolute atomic E-state index is 0.0758. The number of fused-ring (bicyclic) bond motifs is 4. The lowest BCUT2D eigenvalue weighted by molar-refractivity contribution is 0.0331. The maximum atomic E-state index is 5.60. The van der Waals surface area contributed by atoms with Crippen molar-refractivity contribution in [3.8, 4) is 11.5 Å². The number of aromatic nitrogens is 2. The largest absolute Gasteiger partial charge is 0.454 e. The van der Waals surface area contributed by atoms with Gasteiger partial charge in [0.15, 0.2) is 11.5 Å². The van der Waals surface area contributed by atoms with Gasteiger partial charge in [-0.15, -0.1) is 11.3 Å². The predicted octanol–water partition coefficient (Wildman–Crippen LogP) is 4.55. The molecule has 0 amide bonds. The summed E-state index contributed by atoms with van der Waals surface area (Å²) >= 11 is 1.86. The number of thiophene rings is 1. The Labute approximate surface area is 198 Å². The van der Waals surface area contributed by atoms with Gasteiger partial charge in [0.25, 0.3) is 0 Å². The van der Waals surface area contributed by atoms with E-state index in [2.05, 4.69) is 36.2 Å². The molecule has 1 N–H and O–H groups in total. The summed E-state index contributed by atoms with van der Waals surface area (Å²) in [6.07, 6.45) is 3.48. The number of hydrogen-bond acceptors (Lipinski definition) is 8. The second-order valence-corrected chi connectivity index (χ2v) is 10.5. The third-order valence-corrected chi connectivity index (χ3v) is 8.07. The van der Waals surface area contributed by atoms with Crippen molar-refractivity contribution in [3.05, 3.63) is 40.0 Å². The molecule has 8 heteroatoms. The number of morpholine rings is 1. The molecular weight excluding hydrogens is 436 g/mol. The second-order valence-electron chi connectivity index (χ2n) is 9.39. The van der Waals surface area contributed by atoms with Crippen molar-refractivity contribution in [3.63, 3.8) is 0 Å². The fourth-order valence-corrected chi connectivity index (χ4v) is 6.39. The molecule has 0 spiro atoms. The molecule has 0 bridgehead atoms. The molecule has 2 aliphatic heterocycles. The number of anilines is 1. The van der Waals surface area contributed by atoms with Crippen LogP contribution < -0.4 is 14.8 Å². The van der Waals surface area contributed by atoms with Crippen molar-refractivity contribution < 1.29 is 14.2 Å².